The molecule has 6 heteroatoms. The van der Waals surface area contributed by atoms with Crippen LogP contribution in [0.1, 0.15) is 33.3 Å². The van der Waals surface area contributed by atoms with Crippen molar-refractivity contribution in [1.29, 1.82) is 0 Å². The molecule has 0 unspecified atom stereocenters. The Hall–Kier alpha value is -0.515. The van der Waals surface area contributed by atoms with Crippen molar-refractivity contribution < 1.29 is 14.4 Å². The molecule has 1 saturated heterocycles. The predicted molar refractivity (Wildman–Crippen MR) is 87.6 cm³/mol. The van der Waals surface area contributed by atoms with E-state index in [1.165, 1.54) is 0 Å². The zero-order valence-corrected chi connectivity index (χ0v) is 14.1. The summed E-state index contributed by atoms with van der Waals surface area (Å²) in [5.41, 5.74) is 0.600. The van der Waals surface area contributed by atoms with Crippen LogP contribution in [0.2, 0.25) is 10.0 Å². The van der Waals surface area contributed by atoms with Crippen LogP contribution in [0.15, 0.2) is 23.7 Å². The third-order valence-corrected chi connectivity index (χ3v) is 4.77. The molecular formula is C15H19BCl2O3. The third-order valence-electron chi connectivity index (χ3n) is 4.03. The number of halogens is 2. The van der Waals surface area contributed by atoms with Crippen molar-refractivity contribution in [2.45, 2.75) is 38.9 Å². The SMILES string of the molecule is CC1(C)OB(C(=Cc2ccc(Cl)c(Cl)c2)CO)OC1(C)C. The van der Waals surface area contributed by atoms with Crippen molar-refractivity contribution in [2.24, 2.45) is 0 Å². The maximum absolute atomic E-state index is 9.62. The molecule has 0 aromatic heterocycles. The highest BCUT2D eigenvalue weighted by Crippen LogP contribution is 2.38. The van der Waals surface area contributed by atoms with E-state index in [0.717, 1.165) is 5.56 Å². The Morgan fingerprint density at radius 2 is 1.71 bits per heavy atom. The fraction of sp³-hybridized carbons (Fsp3) is 0.467. The van der Waals surface area contributed by atoms with Gasteiger partial charge in [0.25, 0.3) is 0 Å². The highest BCUT2D eigenvalue weighted by atomic mass is 35.5. The number of rotatable bonds is 3. The molecular weight excluding hydrogens is 310 g/mol. The molecule has 0 spiro atoms. The number of hydrogen-bond donors (Lipinski definition) is 1. The largest absolute Gasteiger partial charge is 0.492 e. The van der Waals surface area contributed by atoms with Gasteiger partial charge in [-0.2, -0.15) is 0 Å². The molecule has 114 valence electrons. The van der Waals surface area contributed by atoms with Gasteiger partial charge < -0.3 is 14.4 Å². The molecule has 0 amide bonds. The summed E-state index contributed by atoms with van der Waals surface area (Å²) in [5, 5.41) is 10.6. The van der Waals surface area contributed by atoms with E-state index < -0.39 is 18.3 Å². The van der Waals surface area contributed by atoms with Crippen LogP contribution in [-0.2, 0) is 9.31 Å². The fourth-order valence-corrected chi connectivity index (χ4v) is 2.31. The fourth-order valence-electron chi connectivity index (χ4n) is 2.00. The lowest BCUT2D eigenvalue weighted by Crippen LogP contribution is -2.41. The zero-order valence-electron chi connectivity index (χ0n) is 12.6. The van der Waals surface area contributed by atoms with Gasteiger partial charge in [0.15, 0.2) is 0 Å². The van der Waals surface area contributed by atoms with Gasteiger partial charge >= 0.3 is 7.12 Å². The predicted octanol–water partition coefficient (Wildman–Crippen LogP) is 4.00. The van der Waals surface area contributed by atoms with Crippen molar-refractivity contribution >= 4 is 36.4 Å². The maximum Gasteiger partial charge on any atom is 0.492 e. The summed E-state index contributed by atoms with van der Waals surface area (Å²) in [7, 11) is -0.575. The second-order valence-corrected chi connectivity index (χ2v) is 6.95. The Bertz CT molecular complexity index is 554. The summed E-state index contributed by atoms with van der Waals surface area (Å²) in [4.78, 5) is 0. The van der Waals surface area contributed by atoms with Gasteiger partial charge in [-0.1, -0.05) is 35.3 Å². The molecule has 0 atom stereocenters. The average Bonchev–Trinajstić information content (AvgIpc) is 2.59. The summed E-state index contributed by atoms with van der Waals surface area (Å²) in [6.45, 7) is 7.74. The second-order valence-electron chi connectivity index (χ2n) is 6.14. The molecule has 0 bridgehead atoms. The maximum atomic E-state index is 9.62. The first-order valence-electron chi connectivity index (χ1n) is 6.78. The van der Waals surface area contributed by atoms with Crippen LogP contribution in [0, 0.1) is 0 Å². The van der Waals surface area contributed by atoms with E-state index in [-0.39, 0.29) is 6.61 Å². The van der Waals surface area contributed by atoms with E-state index in [1.807, 2.05) is 39.8 Å². The van der Waals surface area contributed by atoms with Crippen molar-refractivity contribution in [3.8, 4) is 0 Å². The van der Waals surface area contributed by atoms with Crippen molar-refractivity contribution in [1.82, 2.24) is 0 Å². The van der Waals surface area contributed by atoms with Crippen LogP contribution in [0.5, 0.6) is 0 Å². The van der Waals surface area contributed by atoms with Gasteiger partial charge in [0.1, 0.15) is 0 Å². The van der Waals surface area contributed by atoms with Gasteiger partial charge in [0.2, 0.25) is 0 Å². The van der Waals surface area contributed by atoms with Crippen LogP contribution in [0.25, 0.3) is 6.08 Å². The van der Waals surface area contributed by atoms with E-state index in [2.05, 4.69) is 0 Å². The lowest BCUT2D eigenvalue weighted by molar-refractivity contribution is 0.00578. The molecule has 0 saturated carbocycles. The Morgan fingerprint density at radius 3 is 2.19 bits per heavy atom. The molecule has 1 aromatic rings. The van der Waals surface area contributed by atoms with Gasteiger partial charge in [-0.3, -0.25) is 0 Å². The summed E-state index contributed by atoms with van der Waals surface area (Å²) >= 11 is 11.9. The van der Waals surface area contributed by atoms with Gasteiger partial charge in [0, 0.05) is 0 Å². The van der Waals surface area contributed by atoms with E-state index in [1.54, 1.807) is 12.1 Å². The van der Waals surface area contributed by atoms with E-state index >= 15 is 0 Å². The average molecular weight is 329 g/mol. The quantitative estimate of drug-likeness (QED) is 0.852. The number of hydrogen-bond acceptors (Lipinski definition) is 3. The normalized spacial score (nSPS) is 20.9. The Balaban J connectivity index is 2.28. The first-order chi connectivity index (χ1) is 9.66. The van der Waals surface area contributed by atoms with Crippen LogP contribution in [-0.4, -0.2) is 30.0 Å². The van der Waals surface area contributed by atoms with Crippen molar-refractivity contribution in [3.05, 3.63) is 39.3 Å². The molecule has 1 aliphatic rings. The molecule has 1 heterocycles. The van der Waals surface area contributed by atoms with Crippen LogP contribution >= 0.6 is 23.2 Å². The molecule has 2 rings (SSSR count). The minimum atomic E-state index is -0.575. The van der Waals surface area contributed by atoms with E-state index in [9.17, 15) is 5.11 Å². The minimum Gasteiger partial charge on any atom is -0.400 e. The lowest BCUT2D eigenvalue weighted by atomic mass is 9.77. The first kappa shape index (κ1) is 16.8. The number of aliphatic hydroxyl groups excluding tert-OH is 1. The van der Waals surface area contributed by atoms with Crippen molar-refractivity contribution in [3.63, 3.8) is 0 Å². The smallest absolute Gasteiger partial charge is 0.400 e. The van der Waals surface area contributed by atoms with Crippen molar-refractivity contribution in [2.75, 3.05) is 6.61 Å². The molecule has 3 nitrogen and oxygen atoms in total. The summed E-state index contributed by atoms with van der Waals surface area (Å²) in [6, 6.07) is 5.29. The van der Waals surface area contributed by atoms with Gasteiger partial charge in [-0.05, 0) is 50.9 Å². The Kier molecular flexibility index (Phi) is 4.76. The molecule has 1 aliphatic heterocycles. The van der Waals surface area contributed by atoms with E-state index in [0.29, 0.717) is 15.5 Å². The highest BCUT2D eigenvalue weighted by molar-refractivity contribution is 6.55. The number of aliphatic hydroxyl groups is 1. The monoisotopic (exact) mass is 328 g/mol. The minimum absolute atomic E-state index is 0.156. The Morgan fingerprint density at radius 1 is 1.14 bits per heavy atom. The third kappa shape index (κ3) is 3.46. The lowest BCUT2D eigenvalue weighted by Gasteiger charge is -2.32. The molecule has 1 fully saturated rings. The zero-order chi connectivity index (χ0) is 15.8. The summed E-state index contributed by atoms with van der Waals surface area (Å²) < 4.78 is 11.9. The Labute approximate surface area is 136 Å². The molecule has 1 N–H and O–H groups in total. The van der Waals surface area contributed by atoms with Crippen LogP contribution < -0.4 is 0 Å². The topological polar surface area (TPSA) is 38.7 Å². The number of benzene rings is 1. The summed E-state index contributed by atoms with van der Waals surface area (Å²) in [5.74, 6) is 0. The molecule has 21 heavy (non-hydrogen) atoms. The standard InChI is InChI=1S/C15H19BCl2O3/c1-14(2)15(3,4)21-16(20-14)11(9-19)7-10-5-6-12(17)13(18)8-10/h5-8,19H,9H2,1-4H3. The first-order valence-corrected chi connectivity index (χ1v) is 7.54. The van der Waals surface area contributed by atoms with Gasteiger partial charge in [-0.15, -0.1) is 0 Å². The van der Waals surface area contributed by atoms with Crippen LogP contribution in [0.4, 0.5) is 0 Å². The van der Waals surface area contributed by atoms with Gasteiger partial charge in [0.05, 0.1) is 27.9 Å². The van der Waals surface area contributed by atoms with Crippen LogP contribution in [0.3, 0.4) is 0 Å². The molecule has 0 radical (unpaired) electrons. The summed E-state index contributed by atoms with van der Waals surface area (Å²) in [6.07, 6.45) is 1.81. The van der Waals surface area contributed by atoms with Gasteiger partial charge in [-0.25, -0.2) is 0 Å². The second kappa shape index (κ2) is 5.94. The highest BCUT2D eigenvalue weighted by Gasteiger charge is 2.52. The molecule has 1 aromatic carbocycles. The van der Waals surface area contributed by atoms with E-state index in [4.69, 9.17) is 32.5 Å². The molecule has 0 aliphatic carbocycles.